The highest BCUT2D eigenvalue weighted by Gasteiger charge is 2.23. The van der Waals surface area contributed by atoms with Crippen LogP contribution in [-0.4, -0.2) is 41.0 Å². The van der Waals surface area contributed by atoms with Crippen LogP contribution < -0.4 is 0 Å². The average molecular weight is 865 g/mol. The molecule has 0 aliphatic heterocycles. The van der Waals surface area contributed by atoms with Crippen LogP contribution in [0.25, 0.3) is 0 Å². The SMILES string of the molecule is CC/C=C\C/C=C\C/C=C\C/C=C\CCCCCCCCCCC(=O)OC(COC(=O)CCCCCCCCCCCCCCCCCCCCCCC)COP(=O)(O)O. The summed E-state index contributed by atoms with van der Waals surface area (Å²) in [6.45, 7) is 3.61. The van der Waals surface area contributed by atoms with Crippen molar-refractivity contribution >= 4 is 19.8 Å². The first-order valence-corrected chi connectivity index (χ1v) is 26.5. The fraction of sp³-hybridized carbons (Fsp3) is 0.804. The lowest BCUT2D eigenvalue weighted by Gasteiger charge is -2.18. The Morgan fingerprint density at radius 3 is 1.20 bits per heavy atom. The molecule has 0 amide bonds. The molecule has 350 valence electrons. The number of ether oxygens (including phenoxy) is 2. The summed E-state index contributed by atoms with van der Waals surface area (Å²) in [7, 11) is -4.76. The number of phosphoric acid groups is 1. The predicted molar refractivity (Wildman–Crippen MR) is 253 cm³/mol. The predicted octanol–water partition coefficient (Wildman–Crippen LogP) is 15.9. The fourth-order valence-electron chi connectivity index (χ4n) is 7.19. The Kier molecular flexibility index (Phi) is 45.0. The summed E-state index contributed by atoms with van der Waals surface area (Å²) in [6.07, 6.45) is 58.4. The van der Waals surface area contributed by atoms with E-state index >= 15 is 0 Å². The molecule has 0 aromatic carbocycles. The lowest BCUT2D eigenvalue weighted by Crippen LogP contribution is -2.29. The van der Waals surface area contributed by atoms with Crippen LogP contribution in [-0.2, 0) is 28.2 Å². The molecule has 0 radical (unpaired) electrons. The van der Waals surface area contributed by atoms with E-state index in [0.29, 0.717) is 6.42 Å². The summed E-state index contributed by atoms with van der Waals surface area (Å²) in [4.78, 5) is 43.1. The third-order valence-electron chi connectivity index (χ3n) is 10.9. The fourth-order valence-corrected chi connectivity index (χ4v) is 7.55. The summed E-state index contributed by atoms with van der Waals surface area (Å²) in [5.74, 6) is -0.884. The van der Waals surface area contributed by atoms with Crippen molar-refractivity contribution in [3.63, 3.8) is 0 Å². The molecular formula is C51H93O8P. The Labute approximate surface area is 369 Å². The van der Waals surface area contributed by atoms with Crippen molar-refractivity contribution in [2.75, 3.05) is 13.2 Å². The van der Waals surface area contributed by atoms with Crippen LogP contribution in [0.3, 0.4) is 0 Å². The van der Waals surface area contributed by atoms with E-state index in [0.717, 1.165) is 70.6 Å². The number of carbonyl (C=O) groups is 2. The van der Waals surface area contributed by atoms with E-state index in [1.54, 1.807) is 0 Å². The van der Waals surface area contributed by atoms with Crippen LogP contribution in [0.15, 0.2) is 48.6 Å². The van der Waals surface area contributed by atoms with Gasteiger partial charge in [0, 0.05) is 12.8 Å². The minimum Gasteiger partial charge on any atom is -0.462 e. The lowest BCUT2D eigenvalue weighted by atomic mass is 10.0. The molecule has 0 aromatic heterocycles. The van der Waals surface area contributed by atoms with Crippen molar-refractivity contribution in [3.8, 4) is 0 Å². The minimum atomic E-state index is -4.76. The number of phosphoric ester groups is 1. The first kappa shape index (κ1) is 58.0. The maximum Gasteiger partial charge on any atom is 0.469 e. The monoisotopic (exact) mass is 865 g/mol. The Hall–Kier alpha value is -1.99. The van der Waals surface area contributed by atoms with Gasteiger partial charge in [-0.05, 0) is 51.4 Å². The second kappa shape index (κ2) is 46.5. The first-order chi connectivity index (χ1) is 29.3. The van der Waals surface area contributed by atoms with Gasteiger partial charge in [0.1, 0.15) is 6.61 Å². The molecule has 8 nitrogen and oxygen atoms in total. The number of carbonyl (C=O) groups excluding carboxylic acids is 2. The van der Waals surface area contributed by atoms with Gasteiger partial charge in [0.2, 0.25) is 0 Å². The van der Waals surface area contributed by atoms with Crippen molar-refractivity contribution in [3.05, 3.63) is 48.6 Å². The van der Waals surface area contributed by atoms with Crippen molar-refractivity contribution < 1.29 is 37.9 Å². The van der Waals surface area contributed by atoms with Crippen LogP contribution in [0, 0.1) is 0 Å². The van der Waals surface area contributed by atoms with Gasteiger partial charge in [-0.2, -0.15) is 0 Å². The normalized spacial score (nSPS) is 12.8. The summed E-state index contributed by atoms with van der Waals surface area (Å²) in [5, 5.41) is 0. The molecule has 0 fully saturated rings. The molecule has 1 atom stereocenters. The Morgan fingerprint density at radius 1 is 0.450 bits per heavy atom. The first-order valence-electron chi connectivity index (χ1n) is 24.9. The number of allylic oxidation sites excluding steroid dienone is 8. The highest BCUT2D eigenvalue weighted by Crippen LogP contribution is 2.36. The molecule has 0 spiro atoms. The molecule has 1 unspecified atom stereocenters. The molecular weight excluding hydrogens is 772 g/mol. The lowest BCUT2D eigenvalue weighted by molar-refractivity contribution is -0.161. The molecule has 0 aliphatic rings. The Balaban J connectivity index is 3.83. The quantitative estimate of drug-likeness (QED) is 0.0269. The zero-order chi connectivity index (χ0) is 43.9. The molecule has 0 aromatic rings. The van der Waals surface area contributed by atoms with Crippen LogP contribution in [0.4, 0.5) is 0 Å². The van der Waals surface area contributed by atoms with Gasteiger partial charge in [0.15, 0.2) is 6.10 Å². The molecule has 60 heavy (non-hydrogen) atoms. The number of hydrogen-bond acceptors (Lipinski definition) is 6. The van der Waals surface area contributed by atoms with Gasteiger partial charge in [0.25, 0.3) is 0 Å². The van der Waals surface area contributed by atoms with Crippen molar-refractivity contribution in [2.45, 2.75) is 251 Å². The third kappa shape index (κ3) is 48.7. The average Bonchev–Trinajstić information content (AvgIpc) is 3.22. The smallest absolute Gasteiger partial charge is 0.462 e. The van der Waals surface area contributed by atoms with Gasteiger partial charge in [-0.1, -0.05) is 229 Å². The highest BCUT2D eigenvalue weighted by atomic mass is 31.2. The van der Waals surface area contributed by atoms with Crippen LogP contribution in [0.5, 0.6) is 0 Å². The summed E-state index contributed by atoms with van der Waals surface area (Å²) in [5.41, 5.74) is 0. The third-order valence-corrected chi connectivity index (χ3v) is 11.3. The summed E-state index contributed by atoms with van der Waals surface area (Å²) in [6, 6.07) is 0. The van der Waals surface area contributed by atoms with Crippen molar-refractivity contribution in [1.29, 1.82) is 0 Å². The standard InChI is InChI=1S/C51H93O8P/c1-3-5-7-9-11-13-15-17-19-21-23-25-27-29-31-33-35-37-39-41-43-45-50(52)57-47-49(48-58-60(54,55)56)59-51(53)46-44-42-40-38-36-34-32-30-28-26-24-22-20-18-16-14-12-10-8-6-4-2/h6,8,12,14,18,20,24,26,49H,3-5,7,9-11,13,15-17,19,21-23,25,27-48H2,1-2H3,(H2,54,55,56)/b8-6-,14-12-,20-18-,26-24-. The summed E-state index contributed by atoms with van der Waals surface area (Å²) < 4.78 is 26.5. The van der Waals surface area contributed by atoms with Crippen molar-refractivity contribution in [2.24, 2.45) is 0 Å². The molecule has 0 heterocycles. The zero-order valence-corrected chi connectivity index (χ0v) is 39.8. The van der Waals surface area contributed by atoms with Gasteiger partial charge < -0.3 is 19.3 Å². The van der Waals surface area contributed by atoms with Crippen LogP contribution in [0.2, 0.25) is 0 Å². The number of esters is 2. The van der Waals surface area contributed by atoms with E-state index in [4.69, 9.17) is 19.3 Å². The molecule has 2 N–H and O–H groups in total. The Morgan fingerprint density at radius 2 is 0.800 bits per heavy atom. The van der Waals surface area contributed by atoms with Crippen LogP contribution >= 0.6 is 7.82 Å². The second-order valence-electron chi connectivity index (χ2n) is 16.8. The van der Waals surface area contributed by atoms with Crippen LogP contribution in [0.1, 0.15) is 245 Å². The molecule has 0 rings (SSSR count). The topological polar surface area (TPSA) is 119 Å². The largest absolute Gasteiger partial charge is 0.469 e. The second-order valence-corrected chi connectivity index (χ2v) is 18.0. The van der Waals surface area contributed by atoms with Gasteiger partial charge in [-0.15, -0.1) is 0 Å². The van der Waals surface area contributed by atoms with E-state index in [2.05, 4.69) is 67.0 Å². The van der Waals surface area contributed by atoms with E-state index in [1.165, 1.54) is 141 Å². The molecule has 0 aliphatic carbocycles. The molecule has 0 saturated heterocycles. The number of rotatable bonds is 46. The maximum atomic E-state index is 12.5. The molecule has 0 bridgehead atoms. The summed E-state index contributed by atoms with van der Waals surface area (Å²) >= 11 is 0. The molecule has 9 heteroatoms. The number of hydrogen-bond donors (Lipinski definition) is 2. The maximum absolute atomic E-state index is 12.5. The van der Waals surface area contributed by atoms with Crippen molar-refractivity contribution in [1.82, 2.24) is 0 Å². The number of unbranched alkanes of at least 4 members (excludes halogenated alkanes) is 28. The van der Waals surface area contributed by atoms with E-state index in [1.807, 2.05) is 0 Å². The minimum absolute atomic E-state index is 0.203. The van der Waals surface area contributed by atoms with E-state index < -0.39 is 32.5 Å². The van der Waals surface area contributed by atoms with E-state index in [9.17, 15) is 14.2 Å². The highest BCUT2D eigenvalue weighted by molar-refractivity contribution is 7.46. The van der Waals surface area contributed by atoms with Gasteiger partial charge in [-0.25, -0.2) is 4.57 Å². The van der Waals surface area contributed by atoms with Gasteiger partial charge in [0.05, 0.1) is 6.61 Å². The Bertz CT molecular complexity index is 1110. The van der Waals surface area contributed by atoms with E-state index in [-0.39, 0.29) is 19.4 Å². The van der Waals surface area contributed by atoms with Gasteiger partial charge >= 0.3 is 19.8 Å². The zero-order valence-electron chi connectivity index (χ0n) is 38.9. The van der Waals surface area contributed by atoms with Gasteiger partial charge in [-0.3, -0.25) is 14.1 Å². The molecule has 0 saturated carbocycles.